The molecule has 19 heavy (non-hydrogen) atoms. The molecule has 0 fully saturated rings. The normalized spacial score (nSPS) is 15.7. The highest BCUT2D eigenvalue weighted by Gasteiger charge is 2.19. The van der Waals surface area contributed by atoms with Crippen LogP contribution in [-0.4, -0.2) is 24.3 Å². The number of carboxylic acids is 1. The molecule has 1 aliphatic heterocycles. The summed E-state index contributed by atoms with van der Waals surface area (Å²) in [6, 6.07) is 2.08. The summed E-state index contributed by atoms with van der Waals surface area (Å²) in [4.78, 5) is 10.5. The van der Waals surface area contributed by atoms with Crippen LogP contribution < -0.4 is 15.2 Å². The Morgan fingerprint density at radius 3 is 2.63 bits per heavy atom. The number of carbonyl (C=O) groups is 1. The van der Waals surface area contributed by atoms with E-state index in [1.54, 1.807) is 0 Å². The van der Waals surface area contributed by atoms with Gasteiger partial charge >= 0.3 is 5.97 Å². The second-order valence-corrected chi connectivity index (χ2v) is 4.41. The Bertz CT molecular complexity index is 478. The smallest absolute Gasteiger partial charge is 0.303 e. The minimum absolute atomic E-state index is 0.102. The Labute approximate surface area is 110 Å². The van der Waals surface area contributed by atoms with Crippen LogP contribution in [0.25, 0.3) is 0 Å². The van der Waals surface area contributed by atoms with Gasteiger partial charge in [0.05, 0.1) is 13.2 Å². The Balaban J connectivity index is 2.20. The second-order valence-electron chi connectivity index (χ2n) is 4.41. The van der Waals surface area contributed by atoms with Gasteiger partial charge in [-0.15, -0.1) is 0 Å². The fraction of sp³-hybridized carbons (Fsp3) is 0.462. The number of aliphatic carboxylic acids is 1. The molecule has 0 radical (unpaired) electrons. The number of hydrogen-bond donors (Lipinski definition) is 2. The highest BCUT2D eigenvalue weighted by molar-refractivity contribution is 5.66. The summed E-state index contributed by atoms with van der Waals surface area (Å²) in [5, 5.41) is 8.61. The van der Waals surface area contributed by atoms with Crippen LogP contribution in [0.5, 0.6) is 11.5 Å². The lowest BCUT2D eigenvalue weighted by molar-refractivity contribution is -0.137. The number of benzene rings is 1. The molecule has 5 nitrogen and oxygen atoms in total. The van der Waals surface area contributed by atoms with Gasteiger partial charge in [0.15, 0.2) is 11.5 Å². The average molecular weight is 269 g/mol. The van der Waals surface area contributed by atoms with Crippen LogP contribution in [0.3, 0.4) is 0 Å². The van der Waals surface area contributed by atoms with E-state index >= 15 is 0 Å². The summed E-state index contributed by atoms with van der Waals surface area (Å²) in [6.45, 7) is 0.985. The van der Waals surface area contributed by atoms with Crippen molar-refractivity contribution in [2.45, 2.75) is 25.3 Å². The van der Waals surface area contributed by atoms with Gasteiger partial charge in [-0.25, -0.2) is 4.39 Å². The van der Waals surface area contributed by atoms with Crippen LogP contribution in [0.15, 0.2) is 12.1 Å². The van der Waals surface area contributed by atoms with Crippen molar-refractivity contribution in [2.75, 3.05) is 13.2 Å². The molecule has 0 amide bonds. The molecular formula is C13H16FNO4. The summed E-state index contributed by atoms with van der Waals surface area (Å²) in [5.74, 6) is -0.629. The number of rotatable bonds is 4. The molecule has 1 unspecified atom stereocenters. The van der Waals surface area contributed by atoms with Crippen molar-refractivity contribution in [2.24, 2.45) is 5.73 Å². The quantitative estimate of drug-likeness (QED) is 0.871. The zero-order chi connectivity index (χ0) is 13.8. The van der Waals surface area contributed by atoms with Gasteiger partial charge in [0.1, 0.15) is 5.82 Å². The molecule has 1 heterocycles. The summed E-state index contributed by atoms with van der Waals surface area (Å²) < 4.78 is 24.7. The maximum absolute atomic E-state index is 13.9. The van der Waals surface area contributed by atoms with Crippen molar-refractivity contribution >= 4 is 5.97 Å². The van der Waals surface area contributed by atoms with Crippen molar-refractivity contribution in [1.82, 2.24) is 0 Å². The van der Waals surface area contributed by atoms with Crippen molar-refractivity contribution in [3.05, 3.63) is 23.5 Å². The molecule has 1 aliphatic rings. The van der Waals surface area contributed by atoms with E-state index in [0.29, 0.717) is 24.7 Å². The molecule has 0 saturated carbocycles. The van der Waals surface area contributed by atoms with Crippen LogP contribution in [0.4, 0.5) is 4.39 Å². The third kappa shape index (κ3) is 3.35. The molecule has 0 aromatic heterocycles. The Morgan fingerprint density at radius 1 is 1.37 bits per heavy atom. The fourth-order valence-electron chi connectivity index (χ4n) is 1.92. The first kappa shape index (κ1) is 13.6. The van der Waals surface area contributed by atoms with Crippen LogP contribution in [-0.2, 0) is 4.79 Å². The van der Waals surface area contributed by atoms with Gasteiger partial charge in [0.25, 0.3) is 0 Å². The number of carboxylic acid groups (broad SMARTS) is 1. The SMILES string of the molecule is NC(CCC(=O)O)c1cc2c(cc1F)OCCCO2. The maximum atomic E-state index is 13.9. The van der Waals surface area contributed by atoms with E-state index in [4.69, 9.17) is 20.3 Å². The van der Waals surface area contributed by atoms with E-state index in [1.165, 1.54) is 12.1 Å². The van der Waals surface area contributed by atoms with Gasteiger partial charge in [-0.2, -0.15) is 0 Å². The van der Waals surface area contributed by atoms with E-state index in [2.05, 4.69) is 0 Å². The second kappa shape index (κ2) is 5.88. The molecular weight excluding hydrogens is 253 g/mol. The lowest BCUT2D eigenvalue weighted by Crippen LogP contribution is -2.14. The number of hydrogen-bond acceptors (Lipinski definition) is 4. The minimum atomic E-state index is -0.954. The minimum Gasteiger partial charge on any atom is -0.490 e. The van der Waals surface area contributed by atoms with Crippen LogP contribution in [0, 0.1) is 5.82 Å². The van der Waals surface area contributed by atoms with Gasteiger partial charge in [0.2, 0.25) is 0 Å². The van der Waals surface area contributed by atoms with Crippen LogP contribution in [0.2, 0.25) is 0 Å². The Morgan fingerprint density at radius 2 is 2.00 bits per heavy atom. The molecule has 104 valence electrons. The predicted octanol–water partition coefficient (Wildman–Crippen LogP) is 1.85. The molecule has 1 aromatic carbocycles. The zero-order valence-electron chi connectivity index (χ0n) is 10.4. The van der Waals surface area contributed by atoms with Crippen LogP contribution >= 0.6 is 0 Å². The van der Waals surface area contributed by atoms with Gasteiger partial charge in [0, 0.05) is 30.5 Å². The van der Waals surface area contributed by atoms with E-state index in [1.807, 2.05) is 0 Å². The Hall–Kier alpha value is -1.82. The van der Waals surface area contributed by atoms with E-state index in [-0.39, 0.29) is 18.4 Å². The van der Waals surface area contributed by atoms with Crippen molar-refractivity contribution in [3.63, 3.8) is 0 Å². The van der Waals surface area contributed by atoms with Crippen LogP contribution in [0.1, 0.15) is 30.9 Å². The highest BCUT2D eigenvalue weighted by atomic mass is 19.1. The molecule has 0 aliphatic carbocycles. The molecule has 0 bridgehead atoms. The molecule has 1 atom stereocenters. The first-order valence-electron chi connectivity index (χ1n) is 6.14. The number of nitrogens with two attached hydrogens (primary N) is 1. The largest absolute Gasteiger partial charge is 0.490 e. The Kier molecular flexibility index (Phi) is 4.21. The van der Waals surface area contributed by atoms with Crippen molar-refractivity contribution in [3.8, 4) is 11.5 Å². The molecule has 1 aromatic rings. The average Bonchev–Trinajstić information content (AvgIpc) is 2.59. The summed E-state index contributed by atoms with van der Waals surface area (Å²) in [6.07, 6.45) is 0.803. The van der Waals surface area contributed by atoms with Crippen molar-refractivity contribution in [1.29, 1.82) is 0 Å². The molecule has 3 N–H and O–H groups in total. The monoisotopic (exact) mass is 269 g/mol. The van der Waals surface area contributed by atoms with Gasteiger partial charge in [-0.05, 0) is 12.5 Å². The molecule has 0 spiro atoms. The third-order valence-corrected chi connectivity index (χ3v) is 2.94. The zero-order valence-corrected chi connectivity index (χ0v) is 10.4. The topological polar surface area (TPSA) is 81.8 Å². The first-order valence-corrected chi connectivity index (χ1v) is 6.14. The van der Waals surface area contributed by atoms with Gasteiger partial charge in [-0.3, -0.25) is 4.79 Å². The highest BCUT2D eigenvalue weighted by Crippen LogP contribution is 2.34. The van der Waals surface area contributed by atoms with E-state index in [9.17, 15) is 9.18 Å². The van der Waals surface area contributed by atoms with Gasteiger partial charge in [-0.1, -0.05) is 0 Å². The van der Waals surface area contributed by atoms with Crippen molar-refractivity contribution < 1.29 is 23.8 Å². The predicted molar refractivity (Wildman–Crippen MR) is 65.8 cm³/mol. The molecule has 2 rings (SSSR count). The summed E-state index contributed by atoms with van der Waals surface area (Å²) in [7, 11) is 0. The lowest BCUT2D eigenvalue weighted by atomic mass is 10.0. The van der Waals surface area contributed by atoms with Gasteiger partial charge < -0.3 is 20.3 Å². The fourth-order valence-corrected chi connectivity index (χ4v) is 1.92. The number of fused-ring (bicyclic) bond motifs is 1. The molecule has 0 saturated heterocycles. The lowest BCUT2D eigenvalue weighted by Gasteiger charge is -2.15. The number of halogens is 1. The van der Waals surface area contributed by atoms with E-state index < -0.39 is 17.8 Å². The number of ether oxygens (including phenoxy) is 2. The first-order chi connectivity index (χ1) is 9.08. The van der Waals surface area contributed by atoms with E-state index in [0.717, 1.165) is 6.42 Å². The third-order valence-electron chi connectivity index (χ3n) is 2.94. The standard InChI is InChI=1S/C13H16FNO4/c14-9-7-12-11(18-4-1-5-19-12)6-8(9)10(15)2-3-13(16)17/h6-7,10H,1-5,15H2,(H,16,17). The maximum Gasteiger partial charge on any atom is 0.303 e. The summed E-state index contributed by atoms with van der Waals surface area (Å²) >= 11 is 0. The molecule has 6 heteroatoms. The summed E-state index contributed by atoms with van der Waals surface area (Å²) in [5.41, 5.74) is 6.07.